The molecule has 1 aliphatic rings. The maximum absolute atomic E-state index is 12.6. The summed E-state index contributed by atoms with van der Waals surface area (Å²) in [5.41, 5.74) is 1.39. The Balaban J connectivity index is 1.79. The number of hydrogen-bond donors (Lipinski definition) is 1. The van der Waals surface area contributed by atoms with Crippen molar-refractivity contribution in [1.29, 1.82) is 0 Å². The van der Waals surface area contributed by atoms with Gasteiger partial charge in [-0.2, -0.15) is 0 Å². The van der Waals surface area contributed by atoms with E-state index in [4.69, 9.17) is 9.72 Å². The number of anilines is 1. The van der Waals surface area contributed by atoms with E-state index in [1.807, 2.05) is 6.07 Å². The normalized spacial score (nSPS) is 16.7. The molecule has 8 heteroatoms. The van der Waals surface area contributed by atoms with Crippen molar-refractivity contribution in [2.24, 2.45) is 0 Å². The maximum Gasteiger partial charge on any atom is 0.333 e. The zero-order chi connectivity index (χ0) is 21.1. The van der Waals surface area contributed by atoms with Gasteiger partial charge in [0, 0.05) is 25.9 Å². The highest BCUT2D eigenvalue weighted by Crippen LogP contribution is 2.24. The lowest BCUT2D eigenvalue weighted by Gasteiger charge is -2.31. The van der Waals surface area contributed by atoms with E-state index >= 15 is 0 Å². The highest BCUT2D eigenvalue weighted by atomic mass is 16.5. The molecule has 158 valence electrons. The molecule has 30 heavy (non-hydrogen) atoms. The minimum Gasteiger partial charge on any atom is -0.376 e. The van der Waals surface area contributed by atoms with Gasteiger partial charge in [0.25, 0.3) is 0 Å². The number of aromatic amines is 1. The summed E-state index contributed by atoms with van der Waals surface area (Å²) in [5.74, 6) is 1.01. The number of nitrogens with zero attached hydrogens (tertiary/aromatic N) is 4. The smallest absolute Gasteiger partial charge is 0.333 e. The summed E-state index contributed by atoms with van der Waals surface area (Å²) in [6.45, 7) is 5.84. The number of rotatable bonds is 7. The largest absolute Gasteiger partial charge is 0.376 e. The zero-order valence-corrected chi connectivity index (χ0v) is 17.4. The van der Waals surface area contributed by atoms with Gasteiger partial charge in [-0.1, -0.05) is 6.92 Å². The van der Waals surface area contributed by atoms with Crippen LogP contribution in [0.4, 0.5) is 5.82 Å². The SMILES string of the molecule is CCCN(CC1CCCCO1)c1nc(-n2c(=O)[nH]c3ncccc32)ccc1C(C)=O. The first kappa shape index (κ1) is 20.3. The summed E-state index contributed by atoms with van der Waals surface area (Å²) in [4.78, 5) is 38.9. The molecule has 1 saturated heterocycles. The van der Waals surface area contributed by atoms with Gasteiger partial charge >= 0.3 is 5.69 Å². The topological polar surface area (TPSA) is 93.1 Å². The number of ketones is 1. The minimum atomic E-state index is -0.310. The van der Waals surface area contributed by atoms with Gasteiger partial charge in [-0.3, -0.25) is 9.78 Å². The monoisotopic (exact) mass is 409 g/mol. The van der Waals surface area contributed by atoms with E-state index in [1.165, 1.54) is 4.57 Å². The predicted octanol–water partition coefficient (Wildman–Crippen LogP) is 3.10. The third-order valence-corrected chi connectivity index (χ3v) is 5.42. The van der Waals surface area contributed by atoms with Gasteiger partial charge in [-0.05, 0) is 56.9 Å². The Hall–Kier alpha value is -3.00. The summed E-state index contributed by atoms with van der Waals surface area (Å²) in [6, 6.07) is 7.07. The molecule has 3 aromatic heterocycles. The molecule has 1 fully saturated rings. The summed E-state index contributed by atoms with van der Waals surface area (Å²) in [7, 11) is 0. The number of hydrogen-bond acceptors (Lipinski definition) is 6. The van der Waals surface area contributed by atoms with Crippen LogP contribution < -0.4 is 10.6 Å². The molecule has 0 aliphatic carbocycles. The highest BCUT2D eigenvalue weighted by molar-refractivity contribution is 5.99. The first-order valence-corrected chi connectivity index (χ1v) is 10.5. The maximum atomic E-state index is 12.6. The highest BCUT2D eigenvalue weighted by Gasteiger charge is 2.23. The summed E-state index contributed by atoms with van der Waals surface area (Å²) < 4.78 is 7.43. The van der Waals surface area contributed by atoms with Crippen molar-refractivity contribution < 1.29 is 9.53 Å². The molecule has 0 saturated carbocycles. The molecule has 0 spiro atoms. The van der Waals surface area contributed by atoms with Crippen molar-refractivity contribution in [3.63, 3.8) is 0 Å². The van der Waals surface area contributed by atoms with Crippen LogP contribution in [0.15, 0.2) is 35.3 Å². The third-order valence-electron chi connectivity index (χ3n) is 5.42. The van der Waals surface area contributed by atoms with Crippen molar-refractivity contribution in [1.82, 2.24) is 19.5 Å². The molecule has 1 unspecified atom stereocenters. The number of ether oxygens (including phenoxy) is 1. The van der Waals surface area contributed by atoms with Crippen LogP contribution in [0.1, 0.15) is 49.9 Å². The van der Waals surface area contributed by atoms with Crippen LogP contribution >= 0.6 is 0 Å². The Bertz CT molecular complexity index is 1100. The predicted molar refractivity (Wildman–Crippen MR) is 116 cm³/mol. The van der Waals surface area contributed by atoms with Crippen LogP contribution in [-0.2, 0) is 4.74 Å². The van der Waals surface area contributed by atoms with Gasteiger partial charge in [-0.25, -0.2) is 19.3 Å². The average Bonchev–Trinajstić information content (AvgIpc) is 3.09. The molecular formula is C22H27N5O3. The Labute approximate surface area is 174 Å². The van der Waals surface area contributed by atoms with E-state index in [-0.39, 0.29) is 17.6 Å². The number of nitrogens with one attached hydrogen (secondary N) is 1. The van der Waals surface area contributed by atoms with E-state index in [0.717, 1.165) is 38.8 Å². The van der Waals surface area contributed by atoms with E-state index in [0.29, 0.717) is 34.9 Å². The number of fused-ring (bicyclic) bond motifs is 1. The van der Waals surface area contributed by atoms with Gasteiger partial charge in [0.2, 0.25) is 0 Å². The first-order valence-electron chi connectivity index (χ1n) is 10.5. The number of H-pyrrole nitrogens is 1. The van der Waals surface area contributed by atoms with E-state index in [2.05, 4.69) is 21.8 Å². The fourth-order valence-electron chi connectivity index (χ4n) is 4.00. The van der Waals surface area contributed by atoms with Gasteiger partial charge in [0.1, 0.15) is 11.6 Å². The van der Waals surface area contributed by atoms with Crippen LogP contribution in [0.3, 0.4) is 0 Å². The Morgan fingerprint density at radius 1 is 1.33 bits per heavy atom. The van der Waals surface area contributed by atoms with Gasteiger partial charge in [-0.15, -0.1) is 0 Å². The molecule has 8 nitrogen and oxygen atoms in total. The number of carbonyl (C=O) groups is 1. The van der Waals surface area contributed by atoms with Gasteiger partial charge < -0.3 is 9.64 Å². The third kappa shape index (κ3) is 4.00. The molecule has 1 aliphatic heterocycles. The van der Waals surface area contributed by atoms with Crippen LogP contribution in [0.2, 0.25) is 0 Å². The lowest BCUT2D eigenvalue weighted by Crippen LogP contribution is -2.37. The molecule has 3 aromatic rings. The van der Waals surface area contributed by atoms with Crippen LogP contribution in [-0.4, -0.2) is 51.1 Å². The van der Waals surface area contributed by atoms with E-state index in [9.17, 15) is 9.59 Å². The Morgan fingerprint density at radius 3 is 2.93 bits per heavy atom. The quantitative estimate of drug-likeness (QED) is 0.603. The lowest BCUT2D eigenvalue weighted by atomic mass is 10.1. The van der Waals surface area contributed by atoms with E-state index < -0.39 is 0 Å². The molecule has 0 bridgehead atoms. The second kappa shape index (κ2) is 8.79. The molecule has 0 aromatic carbocycles. The van der Waals surface area contributed by atoms with Crippen molar-refractivity contribution in [3.8, 4) is 5.82 Å². The zero-order valence-electron chi connectivity index (χ0n) is 17.4. The van der Waals surface area contributed by atoms with Crippen LogP contribution in [0.5, 0.6) is 0 Å². The Kier molecular flexibility index (Phi) is 5.94. The fraction of sp³-hybridized carbons (Fsp3) is 0.455. The molecule has 1 N–H and O–H groups in total. The molecule has 4 heterocycles. The average molecular weight is 409 g/mol. The summed E-state index contributed by atoms with van der Waals surface area (Å²) in [5, 5.41) is 0. The number of pyridine rings is 2. The summed E-state index contributed by atoms with van der Waals surface area (Å²) in [6.07, 6.45) is 5.91. The number of imidazole rings is 1. The van der Waals surface area contributed by atoms with Gasteiger partial charge in [0.15, 0.2) is 11.4 Å². The lowest BCUT2D eigenvalue weighted by molar-refractivity contribution is 0.0209. The van der Waals surface area contributed by atoms with Crippen molar-refractivity contribution in [2.45, 2.75) is 45.6 Å². The van der Waals surface area contributed by atoms with Crippen molar-refractivity contribution >= 4 is 22.8 Å². The molecular weight excluding hydrogens is 382 g/mol. The molecule has 1 atom stereocenters. The van der Waals surface area contributed by atoms with Crippen molar-refractivity contribution in [3.05, 3.63) is 46.5 Å². The van der Waals surface area contributed by atoms with Crippen LogP contribution in [0, 0.1) is 0 Å². The molecule has 0 amide bonds. The minimum absolute atomic E-state index is 0.0531. The number of carbonyl (C=O) groups excluding carboxylic acids is 1. The van der Waals surface area contributed by atoms with E-state index in [1.54, 1.807) is 31.3 Å². The van der Waals surface area contributed by atoms with Crippen LogP contribution in [0.25, 0.3) is 17.0 Å². The number of Topliss-reactive ketones (excluding diaryl/α,β-unsaturated/α-hetero) is 1. The first-order chi connectivity index (χ1) is 14.6. The second-order valence-electron chi connectivity index (χ2n) is 7.67. The van der Waals surface area contributed by atoms with Gasteiger partial charge in [0.05, 0.1) is 17.2 Å². The molecule has 0 radical (unpaired) electrons. The standard InChI is InChI=1S/C22H27N5O3/c1-3-12-26(14-16-7-4-5-13-30-16)21-17(15(2)28)9-10-19(24-21)27-18-8-6-11-23-20(18)25-22(27)29/h6,8-11,16H,3-5,7,12-14H2,1-2H3,(H,23,25,29). The van der Waals surface area contributed by atoms with Crippen molar-refractivity contribution in [2.75, 3.05) is 24.6 Å². The Morgan fingerprint density at radius 2 is 2.20 bits per heavy atom. The second-order valence-corrected chi connectivity index (χ2v) is 7.67. The fourth-order valence-corrected chi connectivity index (χ4v) is 4.00. The molecule has 4 rings (SSSR count). The number of aromatic nitrogens is 4. The summed E-state index contributed by atoms with van der Waals surface area (Å²) >= 11 is 0.